The molecule has 4 heteroatoms. The van der Waals surface area contributed by atoms with Gasteiger partial charge in [0, 0.05) is 32.8 Å². The van der Waals surface area contributed by atoms with E-state index in [1.54, 1.807) is 0 Å². The Balaban J connectivity index is 3.66. The molecule has 4 nitrogen and oxygen atoms in total. The van der Waals surface area contributed by atoms with Crippen molar-refractivity contribution in [2.75, 3.05) is 46.0 Å². The minimum Gasteiger partial charge on any atom is -0.380 e. The monoisotopic (exact) mass is 232 g/mol. The maximum Gasteiger partial charge on any atom is 0.0709 e. The van der Waals surface area contributed by atoms with Crippen molar-refractivity contribution in [3.05, 3.63) is 0 Å². The standard InChI is InChI=1S/C12H28N2O2/c1-4-14(9-10-15-5-2)8-7-12(11-13)16-6-3/h12H,4-11,13H2,1-3H3. The van der Waals surface area contributed by atoms with Gasteiger partial charge < -0.3 is 20.1 Å². The maximum absolute atomic E-state index is 5.64. The Bertz CT molecular complexity index is 145. The van der Waals surface area contributed by atoms with Crippen molar-refractivity contribution in [3.63, 3.8) is 0 Å². The fraction of sp³-hybridized carbons (Fsp3) is 1.00. The van der Waals surface area contributed by atoms with Crippen molar-refractivity contribution in [1.82, 2.24) is 4.90 Å². The largest absolute Gasteiger partial charge is 0.380 e. The van der Waals surface area contributed by atoms with Crippen LogP contribution in [-0.4, -0.2) is 57.0 Å². The molecule has 0 saturated carbocycles. The Kier molecular flexibility index (Phi) is 11.2. The number of hydrogen-bond acceptors (Lipinski definition) is 4. The van der Waals surface area contributed by atoms with Crippen LogP contribution >= 0.6 is 0 Å². The minimum absolute atomic E-state index is 0.200. The third kappa shape index (κ3) is 8.05. The average molecular weight is 232 g/mol. The third-order valence-electron chi connectivity index (χ3n) is 2.64. The Morgan fingerprint density at radius 2 is 1.88 bits per heavy atom. The van der Waals surface area contributed by atoms with Crippen LogP contribution in [-0.2, 0) is 9.47 Å². The summed E-state index contributed by atoms with van der Waals surface area (Å²) in [4.78, 5) is 2.37. The van der Waals surface area contributed by atoms with Crippen molar-refractivity contribution in [2.45, 2.75) is 33.3 Å². The predicted molar refractivity (Wildman–Crippen MR) is 67.7 cm³/mol. The molecule has 0 radical (unpaired) electrons. The molecule has 0 amide bonds. The maximum atomic E-state index is 5.64. The van der Waals surface area contributed by atoms with Gasteiger partial charge in [-0.2, -0.15) is 0 Å². The van der Waals surface area contributed by atoms with Crippen LogP contribution < -0.4 is 5.73 Å². The number of rotatable bonds is 11. The van der Waals surface area contributed by atoms with E-state index in [1.807, 2.05) is 13.8 Å². The van der Waals surface area contributed by atoms with E-state index in [1.165, 1.54) is 0 Å². The lowest BCUT2D eigenvalue weighted by Gasteiger charge is -2.23. The van der Waals surface area contributed by atoms with Gasteiger partial charge in [-0.15, -0.1) is 0 Å². The van der Waals surface area contributed by atoms with E-state index in [0.717, 1.165) is 45.9 Å². The highest BCUT2D eigenvalue weighted by Gasteiger charge is 2.09. The van der Waals surface area contributed by atoms with Crippen molar-refractivity contribution >= 4 is 0 Å². The molecular formula is C12H28N2O2. The van der Waals surface area contributed by atoms with E-state index < -0.39 is 0 Å². The van der Waals surface area contributed by atoms with Gasteiger partial charge in [0.1, 0.15) is 0 Å². The zero-order valence-corrected chi connectivity index (χ0v) is 11.1. The van der Waals surface area contributed by atoms with Gasteiger partial charge in [0.25, 0.3) is 0 Å². The molecule has 0 aromatic rings. The van der Waals surface area contributed by atoms with E-state index in [0.29, 0.717) is 6.54 Å². The quantitative estimate of drug-likeness (QED) is 0.542. The molecule has 0 fully saturated rings. The second-order valence-corrected chi connectivity index (χ2v) is 3.73. The predicted octanol–water partition coefficient (Wildman–Crippen LogP) is 1.10. The molecule has 0 aromatic carbocycles. The van der Waals surface area contributed by atoms with Crippen LogP contribution in [0.1, 0.15) is 27.2 Å². The molecule has 0 aliphatic heterocycles. The van der Waals surface area contributed by atoms with Gasteiger partial charge >= 0.3 is 0 Å². The molecule has 0 heterocycles. The van der Waals surface area contributed by atoms with Crippen LogP contribution in [0.25, 0.3) is 0 Å². The van der Waals surface area contributed by atoms with Crippen molar-refractivity contribution in [3.8, 4) is 0 Å². The normalized spacial score (nSPS) is 13.3. The van der Waals surface area contributed by atoms with Gasteiger partial charge in [-0.3, -0.25) is 0 Å². The lowest BCUT2D eigenvalue weighted by molar-refractivity contribution is 0.0502. The topological polar surface area (TPSA) is 47.7 Å². The molecule has 0 aliphatic rings. The number of ether oxygens (including phenoxy) is 2. The molecule has 2 N–H and O–H groups in total. The van der Waals surface area contributed by atoms with Crippen molar-refractivity contribution < 1.29 is 9.47 Å². The summed E-state index contributed by atoms with van der Waals surface area (Å²) < 4.78 is 10.9. The second-order valence-electron chi connectivity index (χ2n) is 3.73. The van der Waals surface area contributed by atoms with E-state index in [-0.39, 0.29) is 6.10 Å². The van der Waals surface area contributed by atoms with Gasteiger partial charge in [0.2, 0.25) is 0 Å². The molecule has 0 aromatic heterocycles. The molecule has 0 bridgehead atoms. The Hall–Kier alpha value is -0.160. The number of nitrogens with zero attached hydrogens (tertiary/aromatic N) is 1. The van der Waals surface area contributed by atoms with E-state index >= 15 is 0 Å². The summed E-state index contributed by atoms with van der Waals surface area (Å²) in [6.45, 7) is 12.2. The van der Waals surface area contributed by atoms with Gasteiger partial charge in [-0.05, 0) is 26.8 Å². The minimum atomic E-state index is 0.200. The van der Waals surface area contributed by atoms with Crippen LogP contribution in [0.2, 0.25) is 0 Å². The summed E-state index contributed by atoms with van der Waals surface area (Å²) in [6.07, 6.45) is 1.20. The van der Waals surface area contributed by atoms with Gasteiger partial charge in [0.15, 0.2) is 0 Å². The summed E-state index contributed by atoms with van der Waals surface area (Å²) in [6, 6.07) is 0. The van der Waals surface area contributed by atoms with Crippen LogP contribution in [0.5, 0.6) is 0 Å². The lowest BCUT2D eigenvalue weighted by atomic mass is 10.2. The summed E-state index contributed by atoms with van der Waals surface area (Å²) in [5.74, 6) is 0. The summed E-state index contributed by atoms with van der Waals surface area (Å²) in [7, 11) is 0. The highest BCUT2D eigenvalue weighted by atomic mass is 16.5. The van der Waals surface area contributed by atoms with E-state index in [9.17, 15) is 0 Å². The average Bonchev–Trinajstić information content (AvgIpc) is 2.31. The zero-order chi connectivity index (χ0) is 12.2. The highest BCUT2D eigenvalue weighted by molar-refractivity contribution is 4.63. The molecule has 0 rings (SSSR count). The fourth-order valence-electron chi connectivity index (χ4n) is 1.60. The van der Waals surface area contributed by atoms with Gasteiger partial charge in [0.05, 0.1) is 12.7 Å². The highest BCUT2D eigenvalue weighted by Crippen LogP contribution is 2.00. The first kappa shape index (κ1) is 15.8. The summed E-state index contributed by atoms with van der Waals surface area (Å²) in [5.41, 5.74) is 5.64. The van der Waals surface area contributed by atoms with Crippen LogP contribution in [0.4, 0.5) is 0 Å². The Morgan fingerprint density at radius 3 is 2.38 bits per heavy atom. The van der Waals surface area contributed by atoms with Crippen LogP contribution in [0, 0.1) is 0 Å². The van der Waals surface area contributed by atoms with Crippen LogP contribution in [0.3, 0.4) is 0 Å². The number of likely N-dealkylation sites (N-methyl/N-ethyl adjacent to an activating group) is 1. The van der Waals surface area contributed by atoms with Crippen molar-refractivity contribution in [2.24, 2.45) is 5.73 Å². The molecule has 98 valence electrons. The zero-order valence-electron chi connectivity index (χ0n) is 11.1. The SMILES string of the molecule is CCOCCN(CC)CCC(CN)OCC. The second kappa shape index (κ2) is 11.3. The molecule has 0 aliphatic carbocycles. The molecular weight excluding hydrogens is 204 g/mol. The smallest absolute Gasteiger partial charge is 0.0709 e. The number of nitrogens with two attached hydrogens (primary N) is 1. The fourth-order valence-corrected chi connectivity index (χ4v) is 1.60. The molecule has 1 atom stereocenters. The third-order valence-corrected chi connectivity index (χ3v) is 2.64. The first-order chi connectivity index (χ1) is 7.78. The van der Waals surface area contributed by atoms with Crippen molar-refractivity contribution in [1.29, 1.82) is 0 Å². The summed E-state index contributed by atoms with van der Waals surface area (Å²) >= 11 is 0. The van der Waals surface area contributed by atoms with Gasteiger partial charge in [-0.1, -0.05) is 6.92 Å². The van der Waals surface area contributed by atoms with Crippen LogP contribution in [0.15, 0.2) is 0 Å². The molecule has 0 saturated heterocycles. The first-order valence-corrected chi connectivity index (χ1v) is 6.40. The Labute approximate surface area is 100 Å². The van der Waals surface area contributed by atoms with E-state index in [4.69, 9.17) is 15.2 Å². The Morgan fingerprint density at radius 1 is 1.12 bits per heavy atom. The first-order valence-electron chi connectivity index (χ1n) is 6.40. The molecule has 1 unspecified atom stereocenters. The van der Waals surface area contributed by atoms with E-state index in [2.05, 4.69) is 11.8 Å². The number of hydrogen-bond donors (Lipinski definition) is 1. The molecule has 0 spiro atoms. The summed E-state index contributed by atoms with van der Waals surface area (Å²) in [5, 5.41) is 0. The lowest BCUT2D eigenvalue weighted by Crippen LogP contribution is -2.33. The molecule has 16 heavy (non-hydrogen) atoms. The van der Waals surface area contributed by atoms with Gasteiger partial charge in [-0.25, -0.2) is 0 Å².